The van der Waals surface area contributed by atoms with Crippen LogP contribution in [0.15, 0.2) is 18.5 Å². The van der Waals surface area contributed by atoms with Gasteiger partial charge in [-0.1, -0.05) is 6.92 Å². The molecule has 12 heavy (non-hydrogen) atoms. The number of nitrogens with zero attached hydrogens (tertiary/aromatic N) is 1. The summed E-state index contributed by atoms with van der Waals surface area (Å²) in [7, 11) is 0. The maximum absolute atomic E-state index is 12.2. The lowest BCUT2D eigenvalue weighted by molar-refractivity contribution is -0.138. The molecule has 0 bridgehead atoms. The zero-order valence-electron chi connectivity index (χ0n) is 6.52. The summed E-state index contributed by atoms with van der Waals surface area (Å²) in [6.45, 7) is 1.69. The standard InChI is InChI=1S/C8H8F3N/c1-2-6-3-4-12-5-7(6)8(9,10)11/h3-5H,2H2,1H3. The third-order valence-electron chi connectivity index (χ3n) is 1.60. The zero-order valence-corrected chi connectivity index (χ0v) is 6.52. The van der Waals surface area contributed by atoms with Gasteiger partial charge < -0.3 is 0 Å². The van der Waals surface area contributed by atoms with Crippen LogP contribution in [0.4, 0.5) is 13.2 Å². The van der Waals surface area contributed by atoms with E-state index in [-0.39, 0.29) is 5.56 Å². The van der Waals surface area contributed by atoms with E-state index in [2.05, 4.69) is 4.98 Å². The summed E-state index contributed by atoms with van der Waals surface area (Å²) in [5.41, 5.74) is -0.343. The number of rotatable bonds is 1. The van der Waals surface area contributed by atoms with Crippen molar-refractivity contribution in [2.24, 2.45) is 0 Å². The Labute approximate surface area is 68.2 Å². The predicted molar refractivity (Wildman–Crippen MR) is 38.6 cm³/mol. The minimum absolute atomic E-state index is 0.289. The Morgan fingerprint density at radius 1 is 1.42 bits per heavy atom. The second-order valence-electron chi connectivity index (χ2n) is 2.38. The molecule has 0 aromatic carbocycles. The SMILES string of the molecule is CCc1ccncc1C(F)(F)F. The number of alkyl halides is 3. The number of halogens is 3. The van der Waals surface area contributed by atoms with Crippen molar-refractivity contribution >= 4 is 0 Å². The average molecular weight is 175 g/mol. The third kappa shape index (κ3) is 1.75. The molecule has 1 aromatic heterocycles. The quantitative estimate of drug-likeness (QED) is 0.639. The Hall–Kier alpha value is -1.06. The van der Waals surface area contributed by atoms with Crippen LogP contribution in [-0.2, 0) is 12.6 Å². The van der Waals surface area contributed by atoms with Crippen LogP contribution >= 0.6 is 0 Å². The highest BCUT2D eigenvalue weighted by molar-refractivity contribution is 5.25. The van der Waals surface area contributed by atoms with Crippen LogP contribution in [0.3, 0.4) is 0 Å². The first-order valence-corrected chi connectivity index (χ1v) is 3.55. The summed E-state index contributed by atoms with van der Waals surface area (Å²) in [5.74, 6) is 0. The van der Waals surface area contributed by atoms with Gasteiger partial charge in [0.1, 0.15) is 0 Å². The smallest absolute Gasteiger partial charge is 0.264 e. The van der Waals surface area contributed by atoms with E-state index in [1.54, 1.807) is 6.92 Å². The van der Waals surface area contributed by atoms with Crippen LogP contribution in [0.1, 0.15) is 18.1 Å². The first-order valence-electron chi connectivity index (χ1n) is 3.55. The van der Waals surface area contributed by atoms with Crippen LogP contribution in [-0.4, -0.2) is 4.98 Å². The molecule has 0 radical (unpaired) electrons. The summed E-state index contributed by atoms with van der Waals surface area (Å²) in [6.07, 6.45) is -1.68. The van der Waals surface area contributed by atoms with Gasteiger partial charge in [0, 0.05) is 12.4 Å². The van der Waals surface area contributed by atoms with Crippen molar-refractivity contribution in [2.75, 3.05) is 0 Å². The molecule has 0 unspecified atom stereocenters. The number of hydrogen-bond donors (Lipinski definition) is 0. The van der Waals surface area contributed by atoms with Crippen molar-refractivity contribution < 1.29 is 13.2 Å². The lowest BCUT2D eigenvalue weighted by Gasteiger charge is -2.09. The van der Waals surface area contributed by atoms with Crippen LogP contribution in [0.5, 0.6) is 0 Å². The van der Waals surface area contributed by atoms with Crippen molar-refractivity contribution in [3.63, 3.8) is 0 Å². The van der Waals surface area contributed by atoms with Crippen LogP contribution in [0.25, 0.3) is 0 Å². The average Bonchev–Trinajstić information content (AvgIpc) is 2.03. The van der Waals surface area contributed by atoms with Gasteiger partial charge in [-0.05, 0) is 18.1 Å². The zero-order chi connectivity index (χ0) is 9.19. The summed E-state index contributed by atoms with van der Waals surface area (Å²) in [4.78, 5) is 3.44. The predicted octanol–water partition coefficient (Wildman–Crippen LogP) is 2.66. The topological polar surface area (TPSA) is 12.9 Å². The molecule has 0 amide bonds. The molecule has 0 aliphatic heterocycles. The molecule has 0 aliphatic carbocycles. The van der Waals surface area contributed by atoms with Crippen molar-refractivity contribution in [3.8, 4) is 0 Å². The number of hydrogen-bond acceptors (Lipinski definition) is 1. The maximum Gasteiger partial charge on any atom is 0.418 e. The Balaban J connectivity index is 3.14. The molecule has 0 saturated carbocycles. The molecule has 1 nitrogen and oxygen atoms in total. The van der Waals surface area contributed by atoms with Crippen molar-refractivity contribution in [2.45, 2.75) is 19.5 Å². The van der Waals surface area contributed by atoms with E-state index in [0.29, 0.717) is 6.42 Å². The van der Waals surface area contributed by atoms with E-state index >= 15 is 0 Å². The summed E-state index contributed by atoms with van der Waals surface area (Å²) in [6, 6.07) is 1.39. The maximum atomic E-state index is 12.2. The monoisotopic (exact) mass is 175 g/mol. The lowest BCUT2D eigenvalue weighted by atomic mass is 10.1. The second kappa shape index (κ2) is 3.13. The van der Waals surface area contributed by atoms with Crippen LogP contribution in [0, 0.1) is 0 Å². The highest BCUT2D eigenvalue weighted by atomic mass is 19.4. The van der Waals surface area contributed by atoms with Gasteiger partial charge in [0.25, 0.3) is 0 Å². The van der Waals surface area contributed by atoms with Crippen LogP contribution < -0.4 is 0 Å². The highest BCUT2D eigenvalue weighted by Gasteiger charge is 2.32. The van der Waals surface area contributed by atoms with Gasteiger partial charge >= 0.3 is 6.18 Å². The Morgan fingerprint density at radius 2 is 2.08 bits per heavy atom. The molecule has 1 heterocycles. The van der Waals surface area contributed by atoms with E-state index in [1.165, 1.54) is 12.3 Å². The molecule has 0 atom stereocenters. The molecule has 0 spiro atoms. The van der Waals surface area contributed by atoms with Crippen LogP contribution in [0.2, 0.25) is 0 Å². The molecule has 4 heteroatoms. The van der Waals surface area contributed by atoms with Crippen molar-refractivity contribution in [1.82, 2.24) is 4.98 Å². The molecule has 0 N–H and O–H groups in total. The minimum atomic E-state index is -4.28. The fraction of sp³-hybridized carbons (Fsp3) is 0.375. The van der Waals surface area contributed by atoms with Gasteiger partial charge in [-0.3, -0.25) is 4.98 Å². The van der Waals surface area contributed by atoms with E-state index in [9.17, 15) is 13.2 Å². The van der Waals surface area contributed by atoms with E-state index in [1.807, 2.05) is 0 Å². The van der Waals surface area contributed by atoms with E-state index in [4.69, 9.17) is 0 Å². The fourth-order valence-corrected chi connectivity index (χ4v) is 0.987. The summed E-state index contributed by atoms with van der Waals surface area (Å²) in [5, 5.41) is 0. The first-order chi connectivity index (χ1) is 5.55. The molecule has 1 rings (SSSR count). The Kier molecular flexibility index (Phi) is 2.35. The van der Waals surface area contributed by atoms with Gasteiger partial charge in [0.15, 0.2) is 0 Å². The fourth-order valence-electron chi connectivity index (χ4n) is 0.987. The number of aromatic nitrogens is 1. The summed E-state index contributed by atoms with van der Waals surface area (Å²) >= 11 is 0. The molecule has 0 saturated heterocycles. The lowest BCUT2D eigenvalue weighted by Crippen LogP contribution is -2.08. The van der Waals surface area contributed by atoms with Crippen molar-refractivity contribution in [3.05, 3.63) is 29.6 Å². The minimum Gasteiger partial charge on any atom is -0.264 e. The first kappa shape index (κ1) is 9.03. The van der Waals surface area contributed by atoms with Crippen molar-refractivity contribution in [1.29, 1.82) is 0 Å². The number of aryl methyl sites for hydroxylation is 1. The highest BCUT2D eigenvalue weighted by Crippen LogP contribution is 2.31. The molecular formula is C8H8F3N. The van der Waals surface area contributed by atoms with Gasteiger partial charge in [-0.15, -0.1) is 0 Å². The second-order valence-corrected chi connectivity index (χ2v) is 2.38. The molecule has 66 valence electrons. The van der Waals surface area contributed by atoms with Gasteiger partial charge in [-0.2, -0.15) is 13.2 Å². The van der Waals surface area contributed by atoms with Gasteiger partial charge in [0.05, 0.1) is 5.56 Å². The van der Waals surface area contributed by atoms with E-state index < -0.39 is 11.7 Å². The normalized spacial score (nSPS) is 11.7. The summed E-state index contributed by atoms with van der Waals surface area (Å²) < 4.78 is 36.6. The molecule has 0 fully saturated rings. The Morgan fingerprint density at radius 3 is 2.50 bits per heavy atom. The molecule has 0 aliphatic rings. The molecular weight excluding hydrogens is 167 g/mol. The third-order valence-corrected chi connectivity index (χ3v) is 1.60. The largest absolute Gasteiger partial charge is 0.418 e. The number of pyridine rings is 1. The van der Waals surface area contributed by atoms with Gasteiger partial charge in [0.2, 0.25) is 0 Å². The van der Waals surface area contributed by atoms with E-state index in [0.717, 1.165) is 6.20 Å². The Bertz CT molecular complexity index is 267. The molecule has 1 aromatic rings. The van der Waals surface area contributed by atoms with Gasteiger partial charge in [-0.25, -0.2) is 0 Å².